The highest BCUT2D eigenvalue weighted by atomic mass is 28.3. The molecule has 0 aromatic heterocycles. The van der Waals surface area contributed by atoms with Crippen LogP contribution in [-0.2, 0) is 0 Å². The molecule has 0 fully saturated rings. The average Bonchev–Trinajstić information content (AvgIpc) is 2.49. The van der Waals surface area contributed by atoms with E-state index in [0.717, 1.165) is 21.5 Å². The van der Waals surface area contributed by atoms with E-state index in [4.69, 9.17) is 0 Å². The molecule has 0 aliphatic carbocycles. The van der Waals surface area contributed by atoms with E-state index >= 15 is 0 Å². The van der Waals surface area contributed by atoms with Crippen LogP contribution in [0.15, 0.2) is 36.4 Å². The highest BCUT2D eigenvalue weighted by molar-refractivity contribution is 7.03. The molecule has 0 amide bonds. The molecule has 1 aliphatic rings. The first kappa shape index (κ1) is 10.7. The van der Waals surface area contributed by atoms with E-state index in [2.05, 4.69) is 13.1 Å². The van der Waals surface area contributed by atoms with Crippen molar-refractivity contribution in [2.45, 2.75) is 13.1 Å². The highest BCUT2D eigenvalue weighted by Gasteiger charge is 2.39. The number of rotatable bonds is 0. The predicted molar refractivity (Wildman–Crippen MR) is 68.5 cm³/mol. The van der Waals surface area contributed by atoms with Crippen LogP contribution in [0, 0.1) is 11.6 Å². The lowest BCUT2D eigenvalue weighted by molar-refractivity contribution is 0.628. The van der Waals surface area contributed by atoms with Crippen molar-refractivity contribution in [3.05, 3.63) is 48.0 Å². The summed E-state index contributed by atoms with van der Waals surface area (Å²) in [7, 11) is -1.99. The molecular weight excluding hydrogens is 234 g/mol. The molecule has 86 valence electrons. The Morgan fingerprint density at radius 2 is 1.71 bits per heavy atom. The molecule has 3 rings (SSSR count). The zero-order valence-corrected chi connectivity index (χ0v) is 10.7. The minimum atomic E-state index is -1.99. The Hall–Kier alpha value is -1.48. The van der Waals surface area contributed by atoms with Crippen LogP contribution in [0.25, 0.3) is 11.1 Å². The number of hydrogen-bond donors (Lipinski definition) is 0. The van der Waals surface area contributed by atoms with Gasteiger partial charge < -0.3 is 0 Å². The van der Waals surface area contributed by atoms with E-state index in [9.17, 15) is 8.78 Å². The van der Waals surface area contributed by atoms with Gasteiger partial charge >= 0.3 is 0 Å². The van der Waals surface area contributed by atoms with Gasteiger partial charge in [-0.3, -0.25) is 0 Å². The van der Waals surface area contributed by atoms with Crippen molar-refractivity contribution in [3.8, 4) is 11.1 Å². The van der Waals surface area contributed by atoms with Crippen LogP contribution in [0.1, 0.15) is 0 Å². The normalized spacial score (nSPS) is 15.5. The Balaban J connectivity index is 2.43. The quantitative estimate of drug-likeness (QED) is 0.627. The van der Waals surface area contributed by atoms with E-state index in [1.165, 1.54) is 18.2 Å². The third-order valence-corrected chi connectivity index (χ3v) is 7.12. The monoisotopic (exact) mass is 246 g/mol. The molecule has 0 saturated heterocycles. The molecule has 2 aromatic carbocycles. The maximum absolute atomic E-state index is 14.0. The number of benzene rings is 2. The Kier molecular flexibility index (Phi) is 2.04. The summed E-state index contributed by atoms with van der Waals surface area (Å²) in [6.45, 7) is 4.22. The van der Waals surface area contributed by atoms with Gasteiger partial charge in [0.15, 0.2) is 0 Å². The van der Waals surface area contributed by atoms with Crippen molar-refractivity contribution in [1.29, 1.82) is 0 Å². The van der Waals surface area contributed by atoms with Gasteiger partial charge in [0.05, 0.1) is 0 Å². The summed E-state index contributed by atoms with van der Waals surface area (Å²) in [5, 5.41) is 1.93. The zero-order valence-electron chi connectivity index (χ0n) is 9.72. The highest BCUT2D eigenvalue weighted by Crippen LogP contribution is 2.29. The summed E-state index contributed by atoms with van der Waals surface area (Å²) in [6.07, 6.45) is 0. The van der Waals surface area contributed by atoms with Crippen LogP contribution in [0.3, 0.4) is 0 Å². The topological polar surface area (TPSA) is 0 Å². The lowest BCUT2D eigenvalue weighted by atomic mass is 10.1. The fourth-order valence-electron chi connectivity index (χ4n) is 2.80. The third-order valence-electron chi connectivity index (χ3n) is 3.58. The van der Waals surface area contributed by atoms with Crippen molar-refractivity contribution in [1.82, 2.24) is 0 Å². The smallest absolute Gasteiger partial charge is 0.123 e. The second-order valence-electron chi connectivity index (χ2n) is 4.98. The first-order valence-corrected chi connectivity index (χ1v) is 8.61. The molecule has 0 spiro atoms. The molecule has 0 saturated carbocycles. The molecule has 2 aromatic rings. The number of fused-ring (bicyclic) bond motifs is 3. The van der Waals surface area contributed by atoms with Crippen molar-refractivity contribution >= 4 is 18.4 Å². The maximum Gasteiger partial charge on any atom is 0.123 e. The van der Waals surface area contributed by atoms with Gasteiger partial charge in [0.25, 0.3) is 0 Å². The van der Waals surface area contributed by atoms with Gasteiger partial charge in [-0.1, -0.05) is 31.3 Å². The van der Waals surface area contributed by atoms with Gasteiger partial charge in [0.1, 0.15) is 19.7 Å². The van der Waals surface area contributed by atoms with Crippen LogP contribution in [0.2, 0.25) is 13.1 Å². The molecule has 0 atom stereocenters. The summed E-state index contributed by atoms with van der Waals surface area (Å²) in [5.41, 5.74) is 1.74. The Bertz CT molecular complexity index is 618. The lowest BCUT2D eigenvalue weighted by Crippen LogP contribution is -2.50. The van der Waals surface area contributed by atoms with Crippen LogP contribution < -0.4 is 10.4 Å². The zero-order chi connectivity index (χ0) is 12.2. The van der Waals surface area contributed by atoms with Crippen LogP contribution in [0.4, 0.5) is 8.78 Å². The van der Waals surface area contributed by atoms with Gasteiger partial charge in [-0.05, 0) is 39.7 Å². The summed E-state index contributed by atoms with van der Waals surface area (Å²) in [4.78, 5) is 0. The van der Waals surface area contributed by atoms with Gasteiger partial charge in [-0.25, -0.2) is 8.78 Å². The maximum atomic E-state index is 14.0. The van der Waals surface area contributed by atoms with E-state index in [1.807, 2.05) is 12.1 Å². The van der Waals surface area contributed by atoms with Gasteiger partial charge in [-0.2, -0.15) is 0 Å². The number of hydrogen-bond acceptors (Lipinski definition) is 0. The fraction of sp³-hybridized carbons (Fsp3) is 0.143. The summed E-state index contributed by atoms with van der Waals surface area (Å²) < 4.78 is 27.3. The first-order valence-electron chi connectivity index (χ1n) is 5.61. The summed E-state index contributed by atoms with van der Waals surface area (Å²) >= 11 is 0. The van der Waals surface area contributed by atoms with E-state index in [1.54, 1.807) is 6.07 Å². The van der Waals surface area contributed by atoms with Gasteiger partial charge in [0.2, 0.25) is 0 Å². The molecular formula is C14H12F2Si. The Morgan fingerprint density at radius 1 is 0.941 bits per heavy atom. The molecule has 0 bridgehead atoms. The van der Waals surface area contributed by atoms with Gasteiger partial charge in [0, 0.05) is 0 Å². The minimum Gasteiger partial charge on any atom is -0.207 e. The van der Waals surface area contributed by atoms with Crippen LogP contribution in [-0.4, -0.2) is 8.07 Å². The summed E-state index contributed by atoms with van der Waals surface area (Å²) in [5.74, 6) is -0.415. The largest absolute Gasteiger partial charge is 0.207 e. The van der Waals surface area contributed by atoms with Crippen molar-refractivity contribution in [3.63, 3.8) is 0 Å². The van der Waals surface area contributed by atoms with E-state index in [0.29, 0.717) is 0 Å². The molecule has 1 heterocycles. The molecule has 0 unspecified atom stereocenters. The predicted octanol–water partition coefficient (Wildman–Crippen LogP) is 2.77. The fourth-order valence-corrected chi connectivity index (χ4v) is 6.02. The minimum absolute atomic E-state index is 0.157. The second-order valence-corrected chi connectivity index (χ2v) is 9.27. The van der Waals surface area contributed by atoms with Crippen molar-refractivity contribution in [2.75, 3.05) is 0 Å². The lowest BCUT2D eigenvalue weighted by Gasteiger charge is -2.18. The SMILES string of the molecule is C[Si]1(C)c2ccc(F)cc2-c2cccc(F)c21. The standard InChI is InChI=1S/C14H12F2Si/c1-17(2)13-7-6-9(15)8-11(13)10-4-3-5-12(16)14(10)17/h3-8H,1-2H3. The molecule has 0 radical (unpaired) electrons. The first-order chi connectivity index (χ1) is 8.01. The summed E-state index contributed by atoms with van der Waals surface area (Å²) in [6, 6.07) is 9.88. The van der Waals surface area contributed by atoms with Crippen LogP contribution >= 0.6 is 0 Å². The van der Waals surface area contributed by atoms with E-state index in [-0.39, 0.29) is 11.6 Å². The Morgan fingerprint density at radius 3 is 2.47 bits per heavy atom. The van der Waals surface area contributed by atoms with Crippen LogP contribution in [0.5, 0.6) is 0 Å². The molecule has 17 heavy (non-hydrogen) atoms. The van der Waals surface area contributed by atoms with Crippen molar-refractivity contribution < 1.29 is 8.78 Å². The molecule has 0 nitrogen and oxygen atoms in total. The van der Waals surface area contributed by atoms with Gasteiger partial charge in [-0.15, -0.1) is 0 Å². The molecule has 0 N–H and O–H groups in total. The Labute approximate surface area is 99.9 Å². The molecule has 3 heteroatoms. The average molecular weight is 246 g/mol. The molecule has 1 aliphatic heterocycles. The third kappa shape index (κ3) is 1.32. The number of halogens is 2. The van der Waals surface area contributed by atoms with E-state index < -0.39 is 8.07 Å². The second kappa shape index (κ2) is 3.26. The van der Waals surface area contributed by atoms with Crippen molar-refractivity contribution in [2.24, 2.45) is 0 Å².